The van der Waals surface area contributed by atoms with Gasteiger partial charge < -0.3 is 0 Å². The highest BCUT2D eigenvalue weighted by Gasteiger charge is 2.22. The van der Waals surface area contributed by atoms with Gasteiger partial charge in [0.1, 0.15) is 0 Å². The molecule has 96 valence electrons. The summed E-state index contributed by atoms with van der Waals surface area (Å²) >= 11 is 0. The highest BCUT2D eigenvalue weighted by molar-refractivity contribution is 5.30. The van der Waals surface area contributed by atoms with Crippen LogP contribution in [-0.2, 0) is 0 Å². The topological polar surface area (TPSA) is 0 Å². The Balaban J connectivity index is 2.24. The summed E-state index contributed by atoms with van der Waals surface area (Å²) in [5, 5.41) is 0. The van der Waals surface area contributed by atoms with E-state index >= 15 is 0 Å². The van der Waals surface area contributed by atoms with Crippen LogP contribution in [0.2, 0.25) is 0 Å². The zero-order valence-electron chi connectivity index (χ0n) is 11.6. The molecule has 0 fully saturated rings. The molecule has 0 aliphatic heterocycles. The lowest BCUT2D eigenvalue weighted by Gasteiger charge is -2.28. The van der Waals surface area contributed by atoms with Gasteiger partial charge in [-0.25, -0.2) is 0 Å². The van der Waals surface area contributed by atoms with Gasteiger partial charge >= 0.3 is 0 Å². The van der Waals surface area contributed by atoms with Crippen LogP contribution in [-0.4, -0.2) is 0 Å². The highest BCUT2D eigenvalue weighted by atomic mass is 14.3. The zero-order chi connectivity index (χ0) is 12.8. The molecule has 0 bridgehead atoms. The molecule has 1 aliphatic carbocycles. The summed E-state index contributed by atoms with van der Waals surface area (Å²) in [6, 6.07) is 11.0. The summed E-state index contributed by atoms with van der Waals surface area (Å²) < 4.78 is 0. The monoisotopic (exact) mass is 240 g/mol. The number of rotatable bonds is 5. The van der Waals surface area contributed by atoms with Crippen molar-refractivity contribution < 1.29 is 0 Å². The molecular weight excluding hydrogens is 216 g/mol. The van der Waals surface area contributed by atoms with Crippen molar-refractivity contribution >= 4 is 0 Å². The van der Waals surface area contributed by atoms with Crippen LogP contribution in [0.1, 0.15) is 51.0 Å². The lowest BCUT2D eigenvalue weighted by molar-refractivity contribution is 0.462. The average molecular weight is 240 g/mol. The average Bonchev–Trinajstić information content (AvgIpc) is 2.46. The van der Waals surface area contributed by atoms with Crippen LogP contribution in [0, 0.1) is 5.92 Å². The van der Waals surface area contributed by atoms with Gasteiger partial charge in [-0.05, 0) is 48.7 Å². The SMILES string of the molecule is CC[C@H](C1=CCCC=C1)[C@H](CC)c1ccccc1. The first-order valence-corrected chi connectivity index (χ1v) is 7.28. The van der Waals surface area contributed by atoms with E-state index in [1.807, 2.05) is 0 Å². The van der Waals surface area contributed by atoms with Crippen LogP contribution in [0.5, 0.6) is 0 Å². The number of benzene rings is 1. The molecule has 0 radical (unpaired) electrons. The fraction of sp³-hybridized carbons (Fsp3) is 0.444. The first kappa shape index (κ1) is 13.1. The van der Waals surface area contributed by atoms with E-state index < -0.39 is 0 Å². The second-order valence-corrected chi connectivity index (χ2v) is 5.12. The quantitative estimate of drug-likeness (QED) is 0.639. The molecule has 2 atom stereocenters. The molecule has 0 unspecified atom stereocenters. The molecule has 0 amide bonds. The summed E-state index contributed by atoms with van der Waals surface area (Å²) in [4.78, 5) is 0. The molecule has 1 aromatic rings. The van der Waals surface area contributed by atoms with Crippen LogP contribution in [0.4, 0.5) is 0 Å². The Labute approximate surface area is 111 Å². The maximum atomic E-state index is 2.44. The van der Waals surface area contributed by atoms with Gasteiger partial charge in [-0.3, -0.25) is 0 Å². The molecule has 1 aliphatic rings. The van der Waals surface area contributed by atoms with Gasteiger partial charge in [0.15, 0.2) is 0 Å². The summed E-state index contributed by atoms with van der Waals surface area (Å²) in [5.74, 6) is 1.33. The number of allylic oxidation sites excluding steroid dienone is 4. The smallest absolute Gasteiger partial charge is 0.00959 e. The fourth-order valence-corrected chi connectivity index (χ4v) is 3.11. The number of hydrogen-bond acceptors (Lipinski definition) is 0. The van der Waals surface area contributed by atoms with Crippen molar-refractivity contribution in [1.29, 1.82) is 0 Å². The molecule has 18 heavy (non-hydrogen) atoms. The second kappa shape index (κ2) is 6.58. The van der Waals surface area contributed by atoms with Gasteiger partial charge in [0.25, 0.3) is 0 Å². The Morgan fingerprint density at radius 1 is 0.944 bits per heavy atom. The van der Waals surface area contributed by atoms with Crippen molar-refractivity contribution in [2.24, 2.45) is 5.92 Å². The predicted octanol–water partition coefficient (Wildman–Crippen LogP) is 5.48. The van der Waals surface area contributed by atoms with Crippen LogP contribution >= 0.6 is 0 Å². The van der Waals surface area contributed by atoms with E-state index in [2.05, 4.69) is 62.4 Å². The number of hydrogen-bond donors (Lipinski definition) is 0. The van der Waals surface area contributed by atoms with Crippen molar-refractivity contribution in [3.05, 3.63) is 59.7 Å². The molecule has 0 spiro atoms. The van der Waals surface area contributed by atoms with Gasteiger partial charge in [0.2, 0.25) is 0 Å². The Bertz CT molecular complexity index is 411. The first-order chi connectivity index (χ1) is 8.86. The molecule has 0 saturated carbocycles. The van der Waals surface area contributed by atoms with Gasteiger partial charge in [-0.1, -0.05) is 62.4 Å². The van der Waals surface area contributed by atoms with Crippen molar-refractivity contribution in [2.45, 2.75) is 45.4 Å². The Morgan fingerprint density at radius 2 is 1.67 bits per heavy atom. The van der Waals surface area contributed by atoms with Crippen molar-refractivity contribution in [3.8, 4) is 0 Å². The summed E-state index contributed by atoms with van der Waals surface area (Å²) in [5.41, 5.74) is 3.05. The minimum atomic E-state index is 0.658. The summed E-state index contributed by atoms with van der Waals surface area (Å²) in [7, 11) is 0. The predicted molar refractivity (Wildman–Crippen MR) is 79.7 cm³/mol. The third-order valence-electron chi connectivity index (χ3n) is 4.04. The van der Waals surface area contributed by atoms with E-state index in [-0.39, 0.29) is 0 Å². The summed E-state index contributed by atoms with van der Waals surface area (Å²) in [6.45, 7) is 4.63. The van der Waals surface area contributed by atoms with E-state index in [0.29, 0.717) is 11.8 Å². The van der Waals surface area contributed by atoms with E-state index in [9.17, 15) is 0 Å². The molecule has 2 rings (SSSR count). The second-order valence-electron chi connectivity index (χ2n) is 5.12. The lowest BCUT2D eigenvalue weighted by Crippen LogP contribution is -2.14. The van der Waals surface area contributed by atoms with Crippen LogP contribution in [0.15, 0.2) is 54.1 Å². The Kier molecular flexibility index (Phi) is 4.81. The van der Waals surface area contributed by atoms with Gasteiger partial charge in [0, 0.05) is 0 Å². The van der Waals surface area contributed by atoms with Gasteiger partial charge in [-0.2, -0.15) is 0 Å². The molecule has 0 heterocycles. The maximum absolute atomic E-state index is 2.44. The fourth-order valence-electron chi connectivity index (χ4n) is 3.11. The molecular formula is C18H24. The maximum Gasteiger partial charge on any atom is -0.00959 e. The Morgan fingerprint density at radius 3 is 2.22 bits per heavy atom. The van der Waals surface area contributed by atoms with Crippen molar-refractivity contribution in [3.63, 3.8) is 0 Å². The molecule has 0 heteroatoms. The standard InChI is InChI=1S/C18H24/c1-3-17(15-11-7-5-8-12-15)18(4-2)16-13-9-6-10-14-16/h5,7-9,11-14,17-18H,3-4,6,10H2,1-2H3/t17-,18-/m1/s1. The molecule has 1 aromatic carbocycles. The van der Waals surface area contributed by atoms with E-state index in [1.165, 1.54) is 31.2 Å². The molecule has 0 nitrogen and oxygen atoms in total. The van der Waals surface area contributed by atoms with E-state index in [4.69, 9.17) is 0 Å². The third-order valence-corrected chi connectivity index (χ3v) is 4.04. The third kappa shape index (κ3) is 2.93. The van der Waals surface area contributed by atoms with Gasteiger partial charge in [-0.15, -0.1) is 0 Å². The van der Waals surface area contributed by atoms with Gasteiger partial charge in [0.05, 0.1) is 0 Å². The minimum Gasteiger partial charge on any atom is -0.0840 e. The van der Waals surface area contributed by atoms with Crippen LogP contribution in [0.25, 0.3) is 0 Å². The largest absolute Gasteiger partial charge is 0.0840 e. The van der Waals surface area contributed by atoms with Crippen molar-refractivity contribution in [1.82, 2.24) is 0 Å². The molecule has 0 aromatic heterocycles. The summed E-state index contributed by atoms with van der Waals surface area (Å²) in [6.07, 6.45) is 12.0. The van der Waals surface area contributed by atoms with Crippen LogP contribution in [0.3, 0.4) is 0 Å². The normalized spacial score (nSPS) is 18.2. The zero-order valence-corrected chi connectivity index (χ0v) is 11.6. The Hall–Kier alpha value is -1.30. The first-order valence-electron chi connectivity index (χ1n) is 7.28. The van der Waals surface area contributed by atoms with Crippen molar-refractivity contribution in [2.75, 3.05) is 0 Å². The lowest BCUT2D eigenvalue weighted by atomic mass is 9.77. The molecule has 0 saturated heterocycles. The van der Waals surface area contributed by atoms with E-state index in [1.54, 1.807) is 5.57 Å². The highest BCUT2D eigenvalue weighted by Crippen LogP contribution is 2.36. The minimum absolute atomic E-state index is 0.658. The van der Waals surface area contributed by atoms with E-state index in [0.717, 1.165) is 0 Å². The van der Waals surface area contributed by atoms with Crippen LogP contribution < -0.4 is 0 Å². The molecule has 0 N–H and O–H groups in total.